The molecular weight excluding hydrogens is 175 g/mol. The van der Waals surface area contributed by atoms with Gasteiger partial charge in [0, 0.05) is 5.88 Å². The van der Waals surface area contributed by atoms with Gasteiger partial charge in [-0.3, -0.25) is 0 Å². The lowest BCUT2D eigenvalue weighted by Gasteiger charge is -2.09. The molecule has 0 aromatic heterocycles. The maximum absolute atomic E-state index is 8.51. The van der Waals surface area contributed by atoms with E-state index in [-0.39, 0.29) is 0 Å². The molecular formula is C6H12Cl2O2. The van der Waals surface area contributed by atoms with Crippen LogP contribution in [0, 0.1) is 0 Å². The van der Waals surface area contributed by atoms with Crippen LogP contribution in [0.1, 0.15) is 19.3 Å². The van der Waals surface area contributed by atoms with Gasteiger partial charge in [-0.1, -0.05) is 6.42 Å². The third-order valence-corrected chi connectivity index (χ3v) is 1.90. The highest BCUT2D eigenvalue weighted by molar-refractivity contribution is 6.20. The quantitative estimate of drug-likeness (QED) is 0.387. The van der Waals surface area contributed by atoms with Gasteiger partial charge in [0.1, 0.15) is 0 Å². The van der Waals surface area contributed by atoms with Crippen molar-refractivity contribution in [2.45, 2.75) is 30.9 Å². The Bertz CT molecular complexity index is 78.1. The summed E-state index contributed by atoms with van der Waals surface area (Å²) in [7, 11) is 0. The molecule has 1 atom stereocenters. The Balaban J connectivity index is 3.13. The SMILES string of the molecule is OC(O)C(Cl)CCCCCl. The van der Waals surface area contributed by atoms with Crippen LogP contribution in [0.2, 0.25) is 0 Å². The van der Waals surface area contributed by atoms with Crippen LogP contribution >= 0.6 is 23.2 Å². The van der Waals surface area contributed by atoms with E-state index in [0.29, 0.717) is 12.3 Å². The number of rotatable bonds is 5. The standard InChI is InChI=1S/C6H12Cl2O2/c7-4-2-1-3-5(8)6(9)10/h5-6,9-10H,1-4H2. The molecule has 0 aliphatic heterocycles. The molecule has 0 saturated heterocycles. The Morgan fingerprint density at radius 2 is 1.80 bits per heavy atom. The number of halogens is 2. The molecule has 2 N–H and O–H groups in total. The number of aliphatic hydroxyl groups excluding tert-OH is 1. The highest BCUT2D eigenvalue weighted by atomic mass is 35.5. The summed E-state index contributed by atoms with van der Waals surface area (Å²) in [5.74, 6) is 0.602. The van der Waals surface area contributed by atoms with Gasteiger partial charge in [0.25, 0.3) is 0 Å². The predicted octanol–water partition coefficient (Wildman–Crippen LogP) is 1.31. The molecule has 0 rings (SSSR count). The van der Waals surface area contributed by atoms with Crippen molar-refractivity contribution < 1.29 is 10.2 Å². The Hall–Kier alpha value is 0.500. The third-order valence-electron chi connectivity index (χ3n) is 1.19. The zero-order valence-electron chi connectivity index (χ0n) is 5.63. The molecule has 0 aliphatic rings. The number of unbranched alkanes of at least 4 members (excludes halogenated alkanes) is 1. The van der Waals surface area contributed by atoms with Gasteiger partial charge >= 0.3 is 0 Å². The van der Waals surface area contributed by atoms with Crippen molar-refractivity contribution in [2.75, 3.05) is 5.88 Å². The molecule has 0 amide bonds. The molecule has 4 heteroatoms. The average Bonchev–Trinajstić information content (AvgIpc) is 1.88. The zero-order chi connectivity index (χ0) is 7.98. The molecule has 62 valence electrons. The first-order chi connectivity index (χ1) is 4.68. The second-order valence-electron chi connectivity index (χ2n) is 2.11. The van der Waals surface area contributed by atoms with E-state index in [9.17, 15) is 0 Å². The van der Waals surface area contributed by atoms with Gasteiger partial charge in [-0.05, 0) is 12.8 Å². The van der Waals surface area contributed by atoms with E-state index in [1.807, 2.05) is 0 Å². The first kappa shape index (κ1) is 10.5. The number of hydrogen-bond acceptors (Lipinski definition) is 2. The summed E-state index contributed by atoms with van der Waals surface area (Å²) in [6.07, 6.45) is 0.913. The van der Waals surface area contributed by atoms with Crippen LogP contribution in [0.3, 0.4) is 0 Å². The Labute approximate surface area is 70.8 Å². The minimum Gasteiger partial charge on any atom is -0.367 e. The third kappa shape index (κ3) is 5.30. The second kappa shape index (κ2) is 6.23. The van der Waals surface area contributed by atoms with Crippen LogP contribution in [-0.4, -0.2) is 27.8 Å². The number of aliphatic hydroxyl groups is 2. The van der Waals surface area contributed by atoms with Gasteiger partial charge < -0.3 is 10.2 Å². The van der Waals surface area contributed by atoms with Crippen molar-refractivity contribution in [1.29, 1.82) is 0 Å². The number of alkyl halides is 2. The van der Waals surface area contributed by atoms with Gasteiger partial charge in [-0.25, -0.2) is 0 Å². The van der Waals surface area contributed by atoms with E-state index < -0.39 is 11.7 Å². The van der Waals surface area contributed by atoms with E-state index in [0.717, 1.165) is 12.8 Å². The first-order valence-corrected chi connectivity index (χ1v) is 4.21. The van der Waals surface area contributed by atoms with Crippen LogP contribution < -0.4 is 0 Å². The van der Waals surface area contributed by atoms with Crippen molar-refractivity contribution in [3.05, 3.63) is 0 Å². The van der Waals surface area contributed by atoms with Crippen LogP contribution in [0.4, 0.5) is 0 Å². The van der Waals surface area contributed by atoms with Crippen molar-refractivity contribution in [2.24, 2.45) is 0 Å². The summed E-state index contributed by atoms with van der Waals surface area (Å²) in [6, 6.07) is 0. The van der Waals surface area contributed by atoms with Crippen molar-refractivity contribution >= 4 is 23.2 Å². The average molecular weight is 187 g/mol. The fourth-order valence-electron chi connectivity index (χ4n) is 0.583. The molecule has 0 aromatic carbocycles. The molecule has 0 heterocycles. The second-order valence-corrected chi connectivity index (χ2v) is 3.05. The van der Waals surface area contributed by atoms with E-state index >= 15 is 0 Å². The largest absolute Gasteiger partial charge is 0.367 e. The molecule has 2 nitrogen and oxygen atoms in total. The summed E-state index contributed by atoms with van der Waals surface area (Å²) < 4.78 is 0. The maximum Gasteiger partial charge on any atom is 0.168 e. The Morgan fingerprint density at radius 3 is 2.20 bits per heavy atom. The fraction of sp³-hybridized carbons (Fsp3) is 1.00. The molecule has 0 radical (unpaired) electrons. The molecule has 0 aromatic rings. The van der Waals surface area contributed by atoms with Crippen molar-refractivity contribution in [3.63, 3.8) is 0 Å². The minimum atomic E-state index is -1.41. The summed E-state index contributed by atoms with van der Waals surface area (Å²) in [5, 5.41) is 16.5. The van der Waals surface area contributed by atoms with Gasteiger partial charge in [0.15, 0.2) is 6.29 Å². The zero-order valence-corrected chi connectivity index (χ0v) is 7.15. The monoisotopic (exact) mass is 186 g/mol. The van der Waals surface area contributed by atoms with E-state index in [1.165, 1.54) is 0 Å². The molecule has 0 aliphatic carbocycles. The van der Waals surface area contributed by atoms with E-state index in [1.54, 1.807) is 0 Å². The van der Waals surface area contributed by atoms with E-state index in [4.69, 9.17) is 33.4 Å². The predicted molar refractivity (Wildman–Crippen MR) is 42.4 cm³/mol. The fourth-order valence-corrected chi connectivity index (χ4v) is 0.926. The molecule has 0 fully saturated rings. The Morgan fingerprint density at radius 1 is 1.20 bits per heavy atom. The highest BCUT2D eigenvalue weighted by Crippen LogP contribution is 2.10. The summed E-state index contributed by atoms with van der Waals surface area (Å²) in [6.45, 7) is 0. The normalized spacial score (nSPS) is 14.1. The van der Waals surface area contributed by atoms with Crippen LogP contribution in [0.5, 0.6) is 0 Å². The lowest BCUT2D eigenvalue weighted by atomic mass is 10.2. The number of hydrogen-bond donors (Lipinski definition) is 2. The van der Waals surface area contributed by atoms with Crippen molar-refractivity contribution in [1.82, 2.24) is 0 Å². The molecule has 0 spiro atoms. The van der Waals surface area contributed by atoms with Crippen LogP contribution in [-0.2, 0) is 0 Å². The smallest absolute Gasteiger partial charge is 0.168 e. The lowest BCUT2D eigenvalue weighted by molar-refractivity contribution is -0.0432. The van der Waals surface area contributed by atoms with E-state index in [2.05, 4.69) is 0 Å². The lowest BCUT2D eigenvalue weighted by Crippen LogP contribution is -2.19. The molecule has 0 saturated carbocycles. The first-order valence-electron chi connectivity index (χ1n) is 3.24. The Kier molecular flexibility index (Phi) is 6.54. The minimum absolute atomic E-state index is 0.553. The van der Waals surface area contributed by atoms with Gasteiger partial charge in [0.05, 0.1) is 5.38 Å². The molecule has 0 bridgehead atoms. The van der Waals surface area contributed by atoms with Crippen LogP contribution in [0.15, 0.2) is 0 Å². The highest BCUT2D eigenvalue weighted by Gasteiger charge is 2.11. The topological polar surface area (TPSA) is 40.5 Å². The summed E-state index contributed by atoms with van der Waals surface area (Å²) in [4.78, 5) is 0. The van der Waals surface area contributed by atoms with Gasteiger partial charge in [-0.15, -0.1) is 23.2 Å². The summed E-state index contributed by atoms with van der Waals surface area (Å²) >= 11 is 10.9. The van der Waals surface area contributed by atoms with Crippen LogP contribution in [0.25, 0.3) is 0 Å². The van der Waals surface area contributed by atoms with Gasteiger partial charge in [-0.2, -0.15) is 0 Å². The van der Waals surface area contributed by atoms with Crippen molar-refractivity contribution in [3.8, 4) is 0 Å². The molecule has 1 unspecified atom stereocenters. The van der Waals surface area contributed by atoms with Gasteiger partial charge in [0.2, 0.25) is 0 Å². The molecule has 10 heavy (non-hydrogen) atoms. The maximum atomic E-state index is 8.51. The summed E-state index contributed by atoms with van der Waals surface area (Å²) in [5.41, 5.74) is 0.